The Hall–Kier alpha value is -2.83. The van der Waals surface area contributed by atoms with Crippen molar-refractivity contribution >= 4 is 17.5 Å². The summed E-state index contributed by atoms with van der Waals surface area (Å²) in [6.07, 6.45) is 3.56. The van der Waals surface area contributed by atoms with Crippen LogP contribution in [0.5, 0.6) is 0 Å². The van der Waals surface area contributed by atoms with E-state index < -0.39 is 5.66 Å². The van der Waals surface area contributed by atoms with Gasteiger partial charge < -0.3 is 15.5 Å². The Kier molecular flexibility index (Phi) is 3.76. The minimum atomic E-state index is -0.469. The molecule has 1 aromatic carbocycles. The van der Waals surface area contributed by atoms with Crippen molar-refractivity contribution < 1.29 is 9.59 Å². The van der Waals surface area contributed by atoms with Crippen molar-refractivity contribution in [3.63, 3.8) is 0 Å². The summed E-state index contributed by atoms with van der Waals surface area (Å²) >= 11 is 0. The second-order valence-corrected chi connectivity index (χ2v) is 8.47. The number of benzene rings is 1. The number of amides is 2. The van der Waals surface area contributed by atoms with Gasteiger partial charge in [0.1, 0.15) is 11.4 Å². The van der Waals surface area contributed by atoms with E-state index in [1.54, 1.807) is 16.9 Å². The lowest BCUT2D eigenvalue weighted by molar-refractivity contribution is 0.0754. The summed E-state index contributed by atoms with van der Waals surface area (Å²) in [5, 5.41) is 11.1. The number of anilines is 1. The molecule has 2 aliphatic heterocycles. The van der Waals surface area contributed by atoms with E-state index in [0.29, 0.717) is 23.7 Å². The highest BCUT2D eigenvalue weighted by Gasteiger charge is 2.55. The summed E-state index contributed by atoms with van der Waals surface area (Å²) in [4.78, 5) is 27.8. The summed E-state index contributed by atoms with van der Waals surface area (Å²) in [6, 6.07) is 9.56. The summed E-state index contributed by atoms with van der Waals surface area (Å²) < 4.78 is 1.78. The number of aromatic nitrogens is 2. The fourth-order valence-electron chi connectivity index (χ4n) is 5.19. The number of carbonyl (C=O) groups excluding carboxylic acids is 2. The third-order valence-corrected chi connectivity index (χ3v) is 6.52. The van der Waals surface area contributed by atoms with Gasteiger partial charge in [-0.15, -0.1) is 0 Å². The molecular weight excluding hydrogens is 354 g/mol. The largest absolute Gasteiger partial charge is 0.362 e. The first-order valence-corrected chi connectivity index (χ1v) is 10.0. The fourth-order valence-corrected chi connectivity index (χ4v) is 5.19. The number of nitrogens with zero attached hydrogens (tertiary/aromatic N) is 3. The highest BCUT2D eigenvalue weighted by molar-refractivity contribution is 6.02. The van der Waals surface area contributed by atoms with Crippen molar-refractivity contribution in [2.75, 3.05) is 18.4 Å². The molecule has 1 aromatic heterocycles. The second-order valence-electron chi connectivity index (χ2n) is 8.47. The fraction of sp³-hybridized carbons (Fsp3) is 0.476. The monoisotopic (exact) mass is 379 g/mol. The molecule has 0 radical (unpaired) electrons. The lowest BCUT2D eigenvalue weighted by Crippen LogP contribution is -2.61. The standard InChI is InChI=1S/C21H25N5O2/c1-13(2)26-18(8-10-22-26)20(28)25-11-14-7-9-21(16(14)12-25)23-17-6-4-3-5-15(17)19(27)24-21/h3-6,8,10,13-14,16,23H,7,9,11-12H2,1-2H3,(H,24,27)/t14-,16+,21+/m1/s1. The van der Waals surface area contributed by atoms with Crippen LogP contribution in [-0.4, -0.2) is 45.2 Å². The van der Waals surface area contributed by atoms with Crippen LogP contribution in [0.4, 0.5) is 5.69 Å². The molecule has 2 amide bonds. The van der Waals surface area contributed by atoms with E-state index in [9.17, 15) is 9.59 Å². The number of nitrogens with one attached hydrogen (secondary N) is 2. The molecular formula is C21H25N5O2. The first-order chi connectivity index (χ1) is 13.5. The number of fused-ring (bicyclic) bond motifs is 3. The molecule has 7 heteroatoms. The molecule has 2 fully saturated rings. The van der Waals surface area contributed by atoms with Crippen molar-refractivity contribution in [1.82, 2.24) is 20.0 Å². The second kappa shape index (κ2) is 6.09. The minimum absolute atomic E-state index is 0.0262. The number of hydrogen-bond acceptors (Lipinski definition) is 4. The molecule has 1 aliphatic carbocycles. The Morgan fingerprint density at radius 1 is 1.21 bits per heavy atom. The number of hydrogen-bond donors (Lipinski definition) is 2. The van der Waals surface area contributed by atoms with E-state index in [-0.39, 0.29) is 23.8 Å². The Bertz CT molecular complexity index is 952. The lowest BCUT2D eigenvalue weighted by atomic mass is 9.89. The molecule has 28 heavy (non-hydrogen) atoms. The van der Waals surface area contributed by atoms with Gasteiger partial charge in [-0.25, -0.2) is 0 Å². The Morgan fingerprint density at radius 3 is 2.86 bits per heavy atom. The van der Waals surface area contributed by atoms with Gasteiger partial charge in [0.15, 0.2) is 0 Å². The molecule has 7 nitrogen and oxygen atoms in total. The van der Waals surface area contributed by atoms with Crippen LogP contribution < -0.4 is 10.6 Å². The minimum Gasteiger partial charge on any atom is -0.362 e. The predicted molar refractivity (Wildman–Crippen MR) is 105 cm³/mol. The van der Waals surface area contributed by atoms with Crippen LogP contribution in [0.3, 0.4) is 0 Å². The van der Waals surface area contributed by atoms with Crippen LogP contribution in [0.2, 0.25) is 0 Å². The topological polar surface area (TPSA) is 79.3 Å². The van der Waals surface area contributed by atoms with Crippen molar-refractivity contribution in [1.29, 1.82) is 0 Å². The molecule has 3 heterocycles. The van der Waals surface area contributed by atoms with Gasteiger partial charge in [0, 0.05) is 36.9 Å². The van der Waals surface area contributed by atoms with Gasteiger partial charge in [-0.05, 0) is 50.8 Å². The van der Waals surface area contributed by atoms with E-state index >= 15 is 0 Å². The number of carbonyl (C=O) groups is 2. The van der Waals surface area contributed by atoms with Gasteiger partial charge in [-0.1, -0.05) is 12.1 Å². The molecule has 1 saturated heterocycles. The average molecular weight is 379 g/mol. The predicted octanol–water partition coefficient (Wildman–Crippen LogP) is 2.50. The zero-order valence-electron chi connectivity index (χ0n) is 16.2. The number of rotatable bonds is 2. The van der Waals surface area contributed by atoms with Gasteiger partial charge in [-0.2, -0.15) is 5.10 Å². The van der Waals surface area contributed by atoms with Crippen LogP contribution in [0, 0.1) is 11.8 Å². The van der Waals surface area contributed by atoms with Crippen molar-refractivity contribution in [2.45, 2.75) is 38.4 Å². The summed E-state index contributed by atoms with van der Waals surface area (Å²) in [5.41, 5.74) is 1.73. The van der Waals surface area contributed by atoms with Crippen molar-refractivity contribution in [3.05, 3.63) is 47.8 Å². The molecule has 2 N–H and O–H groups in total. The first kappa shape index (κ1) is 17.3. The van der Waals surface area contributed by atoms with Gasteiger partial charge in [0.05, 0.1) is 5.56 Å². The van der Waals surface area contributed by atoms with Crippen LogP contribution in [-0.2, 0) is 0 Å². The van der Waals surface area contributed by atoms with Crippen molar-refractivity contribution in [3.8, 4) is 0 Å². The van der Waals surface area contributed by atoms with Gasteiger partial charge in [0.2, 0.25) is 0 Å². The summed E-state index contributed by atoms with van der Waals surface area (Å²) in [6.45, 7) is 5.42. The quantitative estimate of drug-likeness (QED) is 0.840. The maximum Gasteiger partial charge on any atom is 0.272 e. The Morgan fingerprint density at radius 2 is 2.04 bits per heavy atom. The van der Waals surface area contributed by atoms with E-state index in [0.717, 1.165) is 25.1 Å². The Labute approximate surface area is 164 Å². The van der Waals surface area contributed by atoms with Gasteiger partial charge >= 0.3 is 0 Å². The van der Waals surface area contributed by atoms with Crippen LogP contribution in [0.25, 0.3) is 0 Å². The zero-order chi connectivity index (χ0) is 19.5. The van der Waals surface area contributed by atoms with E-state index in [1.165, 1.54) is 0 Å². The molecule has 0 unspecified atom stereocenters. The highest BCUT2D eigenvalue weighted by Crippen LogP contribution is 2.47. The van der Waals surface area contributed by atoms with Crippen molar-refractivity contribution in [2.24, 2.45) is 11.8 Å². The van der Waals surface area contributed by atoms with Gasteiger partial charge in [-0.3, -0.25) is 14.3 Å². The maximum atomic E-state index is 13.2. The van der Waals surface area contributed by atoms with Crippen LogP contribution >= 0.6 is 0 Å². The third kappa shape index (κ3) is 2.45. The highest BCUT2D eigenvalue weighted by atomic mass is 16.2. The Balaban J connectivity index is 1.40. The average Bonchev–Trinajstić information content (AvgIpc) is 3.38. The normalized spacial score (nSPS) is 28.2. The van der Waals surface area contributed by atoms with E-state index in [1.807, 2.05) is 43.0 Å². The third-order valence-electron chi connectivity index (χ3n) is 6.52. The maximum absolute atomic E-state index is 13.2. The van der Waals surface area contributed by atoms with Crippen LogP contribution in [0.15, 0.2) is 36.5 Å². The SMILES string of the molecule is CC(C)n1nccc1C(=O)N1C[C@H]2CC[C@]3(NC(=O)c4ccccc4N3)[C@H]2C1. The van der Waals surface area contributed by atoms with E-state index in [4.69, 9.17) is 0 Å². The molecule has 146 valence electrons. The summed E-state index contributed by atoms with van der Waals surface area (Å²) in [5.74, 6) is 0.581. The zero-order valence-corrected chi connectivity index (χ0v) is 16.2. The number of para-hydroxylation sites is 1. The molecule has 3 atom stereocenters. The molecule has 2 aromatic rings. The first-order valence-electron chi connectivity index (χ1n) is 10.0. The molecule has 3 aliphatic rings. The lowest BCUT2D eigenvalue weighted by Gasteiger charge is -2.42. The van der Waals surface area contributed by atoms with Gasteiger partial charge in [0.25, 0.3) is 11.8 Å². The van der Waals surface area contributed by atoms with E-state index in [2.05, 4.69) is 15.7 Å². The molecule has 1 saturated carbocycles. The smallest absolute Gasteiger partial charge is 0.272 e. The molecule has 1 spiro atoms. The number of likely N-dealkylation sites (tertiary alicyclic amines) is 1. The molecule has 5 rings (SSSR count). The van der Waals surface area contributed by atoms with Crippen LogP contribution in [0.1, 0.15) is 53.6 Å². The summed E-state index contributed by atoms with van der Waals surface area (Å²) in [7, 11) is 0. The molecule has 0 bridgehead atoms.